The Labute approximate surface area is 115 Å². The number of carbonyl (C=O) groups excluding carboxylic acids is 1. The molecule has 0 fully saturated rings. The van der Waals surface area contributed by atoms with Crippen molar-refractivity contribution >= 4 is 11.6 Å². The van der Waals surface area contributed by atoms with E-state index >= 15 is 0 Å². The number of hydrogen-bond acceptors (Lipinski definition) is 3. The Balaban J connectivity index is 2.99. The zero-order chi connectivity index (χ0) is 14.6. The lowest BCUT2D eigenvalue weighted by Crippen LogP contribution is -2.39. The van der Waals surface area contributed by atoms with E-state index < -0.39 is 0 Å². The Morgan fingerprint density at radius 2 is 1.95 bits per heavy atom. The van der Waals surface area contributed by atoms with E-state index in [0.717, 1.165) is 17.8 Å². The number of anilines is 1. The molecule has 106 valence electrons. The number of benzene rings is 1. The Bertz CT molecular complexity index is 441. The molecule has 1 amide bonds. The first-order valence-corrected chi connectivity index (χ1v) is 6.75. The van der Waals surface area contributed by atoms with Gasteiger partial charge in [-0.25, -0.2) is 0 Å². The van der Waals surface area contributed by atoms with Gasteiger partial charge in [-0.15, -0.1) is 0 Å². The maximum Gasteiger partial charge on any atom is 0.254 e. The van der Waals surface area contributed by atoms with Crippen LogP contribution in [-0.4, -0.2) is 23.4 Å². The van der Waals surface area contributed by atoms with Gasteiger partial charge in [0, 0.05) is 18.2 Å². The highest BCUT2D eigenvalue weighted by Crippen LogP contribution is 2.18. The van der Waals surface area contributed by atoms with E-state index in [0.29, 0.717) is 11.5 Å². The van der Waals surface area contributed by atoms with Gasteiger partial charge in [0.25, 0.3) is 5.91 Å². The van der Waals surface area contributed by atoms with Crippen molar-refractivity contribution in [2.24, 2.45) is 11.8 Å². The molecule has 0 saturated heterocycles. The molecule has 0 aliphatic rings. The summed E-state index contributed by atoms with van der Waals surface area (Å²) in [7, 11) is 0. The minimum atomic E-state index is 0.0790. The van der Waals surface area contributed by atoms with Gasteiger partial charge in [-0.05, 0) is 50.5 Å². The van der Waals surface area contributed by atoms with Crippen molar-refractivity contribution < 1.29 is 4.79 Å². The molecule has 0 bridgehead atoms. The van der Waals surface area contributed by atoms with Gasteiger partial charge in [-0.1, -0.05) is 13.8 Å². The van der Waals surface area contributed by atoms with Crippen molar-refractivity contribution in [1.82, 2.24) is 4.90 Å². The topological polar surface area (TPSA) is 58.4 Å². The summed E-state index contributed by atoms with van der Waals surface area (Å²) in [6, 6.07) is 5.74. The van der Waals surface area contributed by atoms with Gasteiger partial charge < -0.3 is 10.3 Å². The van der Waals surface area contributed by atoms with E-state index in [1.807, 2.05) is 43.9 Å². The second-order valence-corrected chi connectivity index (χ2v) is 5.62. The van der Waals surface area contributed by atoms with E-state index in [-0.39, 0.29) is 11.9 Å². The third-order valence-corrected chi connectivity index (χ3v) is 3.07. The Morgan fingerprint density at radius 1 is 1.32 bits per heavy atom. The van der Waals surface area contributed by atoms with Crippen LogP contribution in [-0.2, 0) is 0 Å². The summed E-state index contributed by atoms with van der Waals surface area (Å²) in [6.07, 6.45) is 0. The van der Waals surface area contributed by atoms with E-state index in [4.69, 9.17) is 5.84 Å². The predicted molar refractivity (Wildman–Crippen MR) is 80.0 cm³/mol. The van der Waals surface area contributed by atoms with E-state index in [9.17, 15) is 4.79 Å². The highest BCUT2D eigenvalue weighted by molar-refractivity contribution is 5.95. The lowest BCUT2D eigenvalue weighted by atomic mass is 10.1. The fourth-order valence-electron chi connectivity index (χ4n) is 2.05. The van der Waals surface area contributed by atoms with Gasteiger partial charge in [0.1, 0.15) is 0 Å². The third kappa shape index (κ3) is 3.96. The summed E-state index contributed by atoms with van der Waals surface area (Å²) in [5.41, 5.74) is 5.15. The van der Waals surface area contributed by atoms with Crippen molar-refractivity contribution in [1.29, 1.82) is 0 Å². The van der Waals surface area contributed by atoms with Crippen LogP contribution in [0.4, 0.5) is 5.69 Å². The SMILES string of the molecule is Cc1cc(C(=O)N(CC(C)C)C(C)C)ccc1NN. The smallest absolute Gasteiger partial charge is 0.254 e. The molecule has 4 heteroatoms. The molecule has 0 spiro atoms. The fourth-order valence-corrected chi connectivity index (χ4v) is 2.05. The average Bonchev–Trinajstić information content (AvgIpc) is 2.34. The molecule has 3 N–H and O–H groups in total. The molecule has 4 nitrogen and oxygen atoms in total. The van der Waals surface area contributed by atoms with Gasteiger partial charge in [0.2, 0.25) is 0 Å². The molecule has 19 heavy (non-hydrogen) atoms. The third-order valence-electron chi connectivity index (χ3n) is 3.07. The van der Waals surface area contributed by atoms with Crippen LogP contribution in [0.3, 0.4) is 0 Å². The second-order valence-electron chi connectivity index (χ2n) is 5.62. The van der Waals surface area contributed by atoms with Crippen LogP contribution >= 0.6 is 0 Å². The lowest BCUT2D eigenvalue weighted by molar-refractivity contribution is 0.0682. The van der Waals surface area contributed by atoms with Gasteiger partial charge in [0.15, 0.2) is 0 Å². The molecule has 0 aromatic heterocycles. The summed E-state index contributed by atoms with van der Waals surface area (Å²) in [5.74, 6) is 5.94. The summed E-state index contributed by atoms with van der Waals surface area (Å²) in [4.78, 5) is 14.5. The molecular formula is C15H25N3O. The first-order chi connectivity index (χ1) is 8.86. The van der Waals surface area contributed by atoms with E-state index in [1.165, 1.54) is 0 Å². The fraction of sp³-hybridized carbons (Fsp3) is 0.533. The van der Waals surface area contributed by atoms with Crippen molar-refractivity contribution in [3.8, 4) is 0 Å². The molecule has 1 rings (SSSR count). The van der Waals surface area contributed by atoms with E-state index in [2.05, 4.69) is 19.3 Å². The van der Waals surface area contributed by atoms with Crippen molar-refractivity contribution in [2.45, 2.75) is 40.7 Å². The maximum atomic E-state index is 12.5. The van der Waals surface area contributed by atoms with Gasteiger partial charge in [-0.3, -0.25) is 10.6 Å². The molecule has 1 aromatic carbocycles. The number of carbonyl (C=O) groups is 1. The van der Waals surface area contributed by atoms with Gasteiger partial charge in [0.05, 0.1) is 5.69 Å². The molecule has 0 heterocycles. The van der Waals surface area contributed by atoms with Gasteiger partial charge in [-0.2, -0.15) is 0 Å². The minimum absolute atomic E-state index is 0.0790. The van der Waals surface area contributed by atoms with Crippen LogP contribution in [0.25, 0.3) is 0 Å². The minimum Gasteiger partial charge on any atom is -0.336 e. The van der Waals surface area contributed by atoms with Crippen LogP contribution in [0.15, 0.2) is 18.2 Å². The number of rotatable bonds is 5. The molecule has 0 radical (unpaired) electrons. The van der Waals surface area contributed by atoms with Crippen LogP contribution in [0, 0.1) is 12.8 Å². The molecule has 0 atom stereocenters. The van der Waals surface area contributed by atoms with Crippen molar-refractivity contribution in [3.63, 3.8) is 0 Å². The number of aryl methyl sites for hydroxylation is 1. The molecule has 0 aliphatic heterocycles. The zero-order valence-electron chi connectivity index (χ0n) is 12.5. The number of nitrogens with two attached hydrogens (primary N) is 1. The second kappa shape index (κ2) is 6.57. The van der Waals surface area contributed by atoms with E-state index in [1.54, 1.807) is 0 Å². The normalized spacial score (nSPS) is 10.9. The molecule has 0 saturated carbocycles. The van der Waals surface area contributed by atoms with Gasteiger partial charge >= 0.3 is 0 Å². The number of nitrogens with one attached hydrogen (secondary N) is 1. The lowest BCUT2D eigenvalue weighted by Gasteiger charge is -2.28. The van der Waals surface area contributed by atoms with Crippen LogP contribution in [0.1, 0.15) is 43.6 Å². The highest BCUT2D eigenvalue weighted by Gasteiger charge is 2.20. The summed E-state index contributed by atoms with van der Waals surface area (Å²) in [5, 5.41) is 0. The zero-order valence-corrected chi connectivity index (χ0v) is 12.5. The number of amides is 1. The quantitative estimate of drug-likeness (QED) is 0.634. The summed E-state index contributed by atoms with van der Waals surface area (Å²) >= 11 is 0. The molecular weight excluding hydrogens is 238 g/mol. The monoisotopic (exact) mass is 263 g/mol. The maximum absolute atomic E-state index is 12.5. The summed E-state index contributed by atoms with van der Waals surface area (Å²) < 4.78 is 0. The average molecular weight is 263 g/mol. The number of hydrazine groups is 1. The molecule has 0 unspecified atom stereocenters. The Morgan fingerprint density at radius 3 is 2.37 bits per heavy atom. The van der Waals surface area contributed by atoms with Crippen LogP contribution in [0.5, 0.6) is 0 Å². The number of hydrogen-bond donors (Lipinski definition) is 2. The highest BCUT2D eigenvalue weighted by atomic mass is 16.2. The largest absolute Gasteiger partial charge is 0.336 e. The van der Waals surface area contributed by atoms with Crippen molar-refractivity contribution in [2.75, 3.05) is 12.0 Å². The molecule has 1 aromatic rings. The Kier molecular flexibility index (Phi) is 5.36. The van der Waals surface area contributed by atoms with Crippen LogP contribution < -0.4 is 11.3 Å². The first kappa shape index (κ1) is 15.5. The Hall–Kier alpha value is -1.55. The first-order valence-electron chi connectivity index (χ1n) is 6.75. The van der Waals surface area contributed by atoms with Crippen molar-refractivity contribution in [3.05, 3.63) is 29.3 Å². The molecule has 0 aliphatic carbocycles. The number of nitrogens with zero attached hydrogens (tertiary/aromatic N) is 1. The number of nitrogen functional groups attached to an aromatic ring is 1. The predicted octanol–water partition coefficient (Wildman–Crippen LogP) is 2.79. The summed E-state index contributed by atoms with van der Waals surface area (Å²) in [6.45, 7) is 11.0. The van der Waals surface area contributed by atoms with Crippen LogP contribution in [0.2, 0.25) is 0 Å². The standard InChI is InChI=1S/C15H25N3O/c1-10(2)9-18(11(3)4)15(19)13-6-7-14(17-16)12(5)8-13/h6-8,10-11,17H,9,16H2,1-5H3.